The van der Waals surface area contributed by atoms with Crippen LogP contribution in [0.1, 0.15) is 40.0 Å². The largest absolute Gasteiger partial charge is 0.452 e. The molecule has 1 amide bonds. The number of para-hydroxylation sites is 1. The molecule has 1 N–H and O–H groups in total. The van der Waals surface area contributed by atoms with Crippen LogP contribution in [0.3, 0.4) is 0 Å². The SMILES string of the molecule is O=C(COC(=O)c1c2c(nc3ccccc13)/C(=C/c1ccc(F)cc1)CCC2)Nc1cccc(F)c1. The van der Waals surface area contributed by atoms with Crippen molar-refractivity contribution in [3.05, 3.63) is 107 Å². The van der Waals surface area contributed by atoms with E-state index in [1.54, 1.807) is 18.2 Å². The van der Waals surface area contributed by atoms with Gasteiger partial charge in [0, 0.05) is 11.1 Å². The van der Waals surface area contributed by atoms with Crippen LogP contribution in [0.2, 0.25) is 0 Å². The molecule has 5 rings (SSSR count). The third-order valence-corrected chi connectivity index (χ3v) is 6.03. The van der Waals surface area contributed by atoms with Crippen molar-refractivity contribution in [1.82, 2.24) is 4.98 Å². The minimum atomic E-state index is -0.623. The summed E-state index contributed by atoms with van der Waals surface area (Å²) in [6.07, 6.45) is 4.16. The van der Waals surface area contributed by atoms with E-state index < -0.39 is 24.3 Å². The molecule has 180 valence electrons. The number of esters is 1. The zero-order chi connectivity index (χ0) is 25.1. The summed E-state index contributed by atoms with van der Waals surface area (Å²) in [6.45, 7) is -0.515. The van der Waals surface area contributed by atoms with Gasteiger partial charge in [-0.3, -0.25) is 4.79 Å². The molecule has 1 aromatic heterocycles. The second kappa shape index (κ2) is 10.1. The van der Waals surface area contributed by atoms with Crippen LogP contribution in [0.4, 0.5) is 14.5 Å². The number of hydrogen-bond acceptors (Lipinski definition) is 4. The minimum Gasteiger partial charge on any atom is -0.452 e. The maximum Gasteiger partial charge on any atom is 0.339 e. The first-order valence-corrected chi connectivity index (χ1v) is 11.6. The Kier molecular flexibility index (Phi) is 6.54. The van der Waals surface area contributed by atoms with Gasteiger partial charge in [0.15, 0.2) is 6.61 Å². The van der Waals surface area contributed by atoms with Crippen LogP contribution in [0.25, 0.3) is 22.6 Å². The van der Waals surface area contributed by atoms with E-state index in [4.69, 9.17) is 9.72 Å². The number of nitrogens with one attached hydrogen (secondary N) is 1. The number of halogens is 2. The zero-order valence-electron chi connectivity index (χ0n) is 19.3. The number of aromatic nitrogens is 1. The first kappa shape index (κ1) is 23.4. The normalized spacial score (nSPS) is 13.9. The zero-order valence-corrected chi connectivity index (χ0v) is 19.3. The van der Waals surface area contributed by atoms with Gasteiger partial charge in [0.2, 0.25) is 0 Å². The van der Waals surface area contributed by atoms with Crippen molar-refractivity contribution in [3.8, 4) is 0 Å². The molecule has 1 aliphatic carbocycles. The second-order valence-corrected chi connectivity index (χ2v) is 8.54. The van der Waals surface area contributed by atoms with Crippen molar-refractivity contribution in [2.45, 2.75) is 19.3 Å². The number of pyridine rings is 1. The highest BCUT2D eigenvalue weighted by Gasteiger charge is 2.26. The molecule has 1 aliphatic rings. The van der Waals surface area contributed by atoms with Gasteiger partial charge in [0.05, 0.1) is 16.8 Å². The number of carbonyl (C=O) groups is 2. The summed E-state index contributed by atoms with van der Waals surface area (Å²) in [5.41, 5.74) is 4.57. The summed E-state index contributed by atoms with van der Waals surface area (Å²) >= 11 is 0. The Balaban J connectivity index is 1.46. The van der Waals surface area contributed by atoms with Crippen molar-refractivity contribution < 1.29 is 23.1 Å². The Morgan fingerprint density at radius 1 is 0.944 bits per heavy atom. The highest BCUT2D eigenvalue weighted by Crippen LogP contribution is 2.36. The molecule has 0 saturated carbocycles. The number of fused-ring (bicyclic) bond motifs is 2. The number of rotatable bonds is 5. The van der Waals surface area contributed by atoms with Crippen LogP contribution in [0.15, 0.2) is 72.8 Å². The number of hydrogen-bond donors (Lipinski definition) is 1. The molecule has 0 bridgehead atoms. The topological polar surface area (TPSA) is 68.3 Å². The lowest BCUT2D eigenvalue weighted by molar-refractivity contribution is -0.119. The molecule has 0 fully saturated rings. The Bertz CT molecular complexity index is 1500. The van der Waals surface area contributed by atoms with Gasteiger partial charge in [-0.05, 0) is 78.4 Å². The summed E-state index contributed by atoms with van der Waals surface area (Å²) in [5.74, 6) is -1.98. The summed E-state index contributed by atoms with van der Waals surface area (Å²) in [4.78, 5) is 30.5. The molecular formula is C29H22F2N2O3. The predicted octanol–water partition coefficient (Wildman–Crippen LogP) is 6.19. The highest BCUT2D eigenvalue weighted by atomic mass is 19.1. The van der Waals surface area contributed by atoms with Gasteiger partial charge in [-0.25, -0.2) is 18.6 Å². The second-order valence-electron chi connectivity index (χ2n) is 8.54. The monoisotopic (exact) mass is 484 g/mol. The summed E-state index contributed by atoms with van der Waals surface area (Å²) < 4.78 is 32.1. The number of ether oxygens (including phenoxy) is 1. The van der Waals surface area contributed by atoms with Crippen LogP contribution < -0.4 is 5.32 Å². The number of benzene rings is 3. The van der Waals surface area contributed by atoms with E-state index in [0.29, 0.717) is 28.6 Å². The van der Waals surface area contributed by atoms with E-state index in [-0.39, 0.29) is 11.5 Å². The molecule has 0 unspecified atom stereocenters. The van der Waals surface area contributed by atoms with Gasteiger partial charge in [0.25, 0.3) is 5.91 Å². The van der Waals surface area contributed by atoms with E-state index >= 15 is 0 Å². The Hall–Kier alpha value is -4.39. The molecule has 0 spiro atoms. The van der Waals surface area contributed by atoms with Gasteiger partial charge in [-0.1, -0.05) is 36.4 Å². The Morgan fingerprint density at radius 3 is 2.56 bits per heavy atom. The van der Waals surface area contributed by atoms with Gasteiger partial charge in [-0.2, -0.15) is 0 Å². The van der Waals surface area contributed by atoms with Gasteiger partial charge < -0.3 is 10.1 Å². The first-order valence-electron chi connectivity index (χ1n) is 11.6. The van der Waals surface area contributed by atoms with E-state index in [9.17, 15) is 18.4 Å². The number of nitrogens with zero attached hydrogens (tertiary/aromatic N) is 1. The highest BCUT2D eigenvalue weighted by molar-refractivity contribution is 6.07. The lowest BCUT2D eigenvalue weighted by atomic mass is 9.86. The molecule has 0 aliphatic heterocycles. The molecule has 4 aromatic rings. The fourth-order valence-electron chi connectivity index (χ4n) is 4.43. The third-order valence-electron chi connectivity index (χ3n) is 6.03. The molecular weight excluding hydrogens is 462 g/mol. The van der Waals surface area contributed by atoms with Crippen molar-refractivity contribution in [1.29, 1.82) is 0 Å². The van der Waals surface area contributed by atoms with E-state index in [1.807, 2.05) is 30.3 Å². The number of allylic oxidation sites excluding steroid dienone is 1. The number of carbonyl (C=O) groups excluding carboxylic acids is 2. The summed E-state index contributed by atoms with van der Waals surface area (Å²) in [6, 6.07) is 19.0. The summed E-state index contributed by atoms with van der Waals surface area (Å²) in [5, 5.41) is 3.17. The Morgan fingerprint density at radius 2 is 1.75 bits per heavy atom. The maximum atomic E-state index is 13.4. The fraction of sp³-hybridized carbons (Fsp3) is 0.138. The van der Waals surface area contributed by atoms with Crippen molar-refractivity contribution >= 4 is 40.1 Å². The Labute approximate surface area is 206 Å². The number of amides is 1. The van der Waals surface area contributed by atoms with Crippen molar-refractivity contribution in [2.24, 2.45) is 0 Å². The van der Waals surface area contributed by atoms with Crippen LogP contribution in [-0.2, 0) is 16.0 Å². The van der Waals surface area contributed by atoms with E-state index in [0.717, 1.165) is 29.5 Å². The lowest BCUT2D eigenvalue weighted by Crippen LogP contribution is -2.22. The standard InChI is InChI=1S/C29H22F2N2O3/c30-20-13-11-18(12-14-20)15-19-5-3-9-24-27(23-8-1-2-10-25(23)33-28(19)24)29(35)36-17-26(34)32-22-7-4-6-21(31)16-22/h1-2,4,6-8,10-16H,3,5,9,17H2,(H,32,34)/b19-15+. The molecule has 7 heteroatoms. The molecule has 0 atom stereocenters. The smallest absolute Gasteiger partial charge is 0.339 e. The van der Waals surface area contributed by atoms with E-state index in [2.05, 4.69) is 5.32 Å². The van der Waals surface area contributed by atoms with Crippen LogP contribution in [0, 0.1) is 11.6 Å². The molecule has 1 heterocycles. The molecule has 3 aromatic carbocycles. The molecule has 5 nitrogen and oxygen atoms in total. The molecule has 0 saturated heterocycles. The van der Waals surface area contributed by atoms with Crippen LogP contribution >= 0.6 is 0 Å². The minimum absolute atomic E-state index is 0.276. The van der Waals surface area contributed by atoms with Gasteiger partial charge in [0.1, 0.15) is 11.6 Å². The van der Waals surface area contributed by atoms with Crippen LogP contribution in [-0.4, -0.2) is 23.5 Å². The van der Waals surface area contributed by atoms with Crippen molar-refractivity contribution in [2.75, 3.05) is 11.9 Å². The van der Waals surface area contributed by atoms with E-state index in [1.165, 1.54) is 30.3 Å². The first-order chi connectivity index (χ1) is 17.5. The van der Waals surface area contributed by atoms with Crippen LogP contribution in [0.5, 0.6) is 0 Å². The maximum absolute atomic E-state index is 13.4. The number of anilines is 1. The van der Waals surface area contributed by atoms with Gasteiger partial charge >= 0.3 is 5.97 Å². The predicted molar refractivity (Wildman–Crippen MR) is 134 cm³/mol. The lowest BCUT2D eigenvalue weighted by Gasteiger charge is -2.22. The van der Waals surface area contributed by atoms with Crippen molar-refractivity contribution in [3.63, 3.8) is 0 Å². The quantitative estimate of drug-likeness (QED) is 0.343. The van der Waals surface area contributed by atoms with Gasteiger partial charge in [-0.15, -0.1) is 0 Å². The summed E-state index contributed by atoms with van der Waals surface area (Å²) in [7, 11) is 0. The fourth-order valence-corrected chi connectivity index (χ4v) is 4.43. The molecule has 36 heavy (non-hydrogen) atoms. The third kappa shape index (κ3) is 5.00. The molecule has 0 radical (unpaired) electrons. The average molecular weight is 485 g/mol. The average Bonchev–Trinajstić information content (AvgIpc) is 2.87.